The van der Waals surface area contributed by atoms with Gasteiger partial charge in [-0.1, -0.05) is 12.1 Å². The molecule has 0 aliphatic carbocycles. The van der Waals surface area contributed by atoms with Crippen LogP contribution in [0.25, 0.3) is 5.69 Å². The van der Waals surface area contributed by atoms with E-state index in [0.717, 1.165) is 17.2 Å². The molecule has 0 radical (unpaired) electrons. The van der Waals surface area contributed by atoms with Gasteiger partial charge >= 0.3 is 0 Å². The SMILES string of the molecule is Cc1cnc(CN[C@H](C)c2cccc(-n3ccnc3)c2)s1. The van der Waals surface area contributed by atoms with Crippen molar-refractivity contribution in [3.05, 3.63) is 64.6 Å². The van der Waals surface area contributed by atoms with Gasteiger partial charge in [-0.25, -0.2) is 9.97 Å². The van der Waals surface area contributed by atoms with Gasteiger partial charge in [-0.15, -0.1) is 11.3 Å². The summed E-state index contributed by atoms with van der Waals surface area (Å²) in [6, 6.07) is 8.77. The molecule has 0 saturated heterocycles. The summed E-state index contributed by atoms with van der Waals surface area (Å²) in [5.74, 6) is 0. The number of aromatic nitrogens is 3. The molecule has 0 aliphatic heterocycles. The van der Waals surface area contributed by atoms with Crippen LogP contribution < -0.4 is 5.32 Å². The number of aryl methyl sites for hydroxylation is 1. The summed E-state index contributed by atoms with van der Waals surface area (Å²) >= 11 is 1.74. The number of rotatable bonds is 5. The smallest absolute Gasteiger partial charge is 0.107 e. The number of nitrogens with zero attached hydrogens (tertiary/aromatic N) is 3. The minimum atomic E-state index is 0.276. The van der Waals surface area contributed by atoms with Gasteiger partial charge in [0.05, 0.1) is 6.33 Å². The van der Waals surface area contributed by atoms with E-state index >= 15 is 0 Å². The van der Waals surface area contributed by atoms with Gasteiger partial charge in [0.15, 0.2) is 0 Å². The molecule has 2 aromatic heterocycles. The van der Waals surface area contributed by atoms with E-state index in [4.69, 9.17) is 0 Å². The van der Waals surface area contributed by atoms with Crippen LogP contribution in [0.4, 0.5) is 0 Å². The van der Waals surface area contributed by atoms with E-state index in [1.54, 1.807) is 17.5 Å². The lowest BCUT2D eigenvalue weighted by Gasteiger charge is -2.14. The Balaban J connectivity index is 1.69. The van der Waals surface area contributed by atoms with E-state index < -0.39 is 0 Å². The Bertz CT molecular complexity index is 703. The Labute approximate surface area is 128 Å². The molecule has 108 valence electrons. The minimum absolute atomic E-state index is 0.276. The van der Waals surface area contributed by atoms with Crippen molar-refractivity contribution < 1.29 is 0 Å². The van der Waals surface area contributed by atoms with Crippen molar-refractivity contribution in [1.82, 2.24) is 19.9 Å². The van der Waals surface area contributed by atoms with Gasteiger partial charge in [0.1, 0.15) is 5.01 Å². The lowest BCUT2D eigenvalue weighted by atomic mass is 10.1. The summed E-state index contributed by atoms with van der Waals surface area (Å²) in [6.07, 6.45) is 7.48. The lowest BCUT2D eigenvalue weighted by Crippen LogP contribution is -2.18. The molecule has 0 bridgehead atoms. The van der Waals surface area contributed by atoms with Crippen LogP contribution in [0.3, 0.4) is 0 Å². The van der Waals surface area contributed by atoms with Crippen LogP contribution in [-0.2, 0) is 6.54 Å². The molecule has 0 fully saturated rings. The predicted molar refractivity (Wildman–Crippen MR) is 85.7 cm³/mol. The van der Waals surface area contributed by atoms with E-state index in [9.17, 15) is 0 Å². The fourth-order valence-electron chi connectivity index (χ4n) is 2.21. The average molecular weight is 298 g/mol. The third-order valence-electron chi connectivity index (χ3n) is 3.40. The second-order valence-electron chi connectivity index (χ2n) is 5.03. The number of nitrogens with one attached hydrogen (secondary N) is 1. The fourth-order valence-corrected chi connectivity index (χ4v) is 2.95. The highest BCUT2D eigenvalue weighted by atomic mass is 32.1. The molecule has 0 aliphatic rings. The monoisotopic (exact) mass is 298 g/mol. The van der Waals surface area contributed by atoms with Crippen molar-refractivity contribution in [2.45, 2.75) is 26.4 Å². The van der Waals surface area contributed by atoms with Gasteiger partial charge in [0.25, 0.3) is 0 Å². The van der Waals surface area contributed by atoms with E-state index in [2.05, 4.69) is 53.4 Å². The standard InChI is InChI=1S/C16H18N4S/c1-12-9-19-16(21-12)10-18-13(2)14-4-3-5-15(8-14)20-7-6-17-11-20/h3-9,11,13,18H,10H2,1-2H3/t13-/m1/s1. The first-order valence-corrected chi connectivity index (χ1v) is 7.77. The first kappa shape index (κ1) is 14.0. The zero-order valence-electron chi connectivity index (χ0n) is 12.2. The Kier molecular flexibility index (Phi) is 4.13. The van der Waals surface area contributed by atoms with Crippen LogP contribution >= 0.6 is 11.3 Å². The number of hydrogen-bond donors (Lipinski definition) is 1. The summed E-state index contributed by atoms with van der Waals surface area (Å²) in [4.78, 5) is 9.73. The number of hydrogen-bond acceptors (Lipinski definition) is 4. The summed E-state index contributed by atoms with van der Waals surface area (Å²) in [7, 11) is 0. The Morgan fingerprint density at radius 2 is 2.29 bits per heavy atom. The van der Waals surface area contributed by atoms with Gasteiger partial charge in [0, 0.05) is 41.7 Å². The van der Waals surface area contributed by atoms with Gasteiger partial charge < -0.3 is 9.88 Å². The lowest BCUT2D eigenvalue weighted by molar-refractivity contribution is 0.573. The normalized spacial score (nSPS) is 12.5. The van der Waals surface area contributed by atoms with Crippen molar-refractivity contribution in [2.75, 3.05) is 0 Å². The van der Waals surface area contributed by atoms with E-state index in [0.29, 0.717) is 0 Å². The van der Waals surface area contributed by atoms with Crippen molar-refractivity contribution >= 4 is 11.3 Å². The minimum Gasteiger partial charge on any atom is -0.306 e. The maximum atomic E-state index is 4.38. The maximum Gasteiger partial charge on any atom is 0.107 e. The molecule has 0 saturated carbocycles. The van der Waals surface area contributed by atoms with Crippen LogP contribution in [-0.4, -0.2) is 14.5 Å². The summed E-state index contributed by atoms with van der Waals surface area (Å²) < 4.78 is 2.01. The third kappa shape index (κ3) is 3.37. The Morgan fingerprint density at radius 1 is 1.38 bits per heavy atom. The zero-order valence-corrected chi connectivity index (χ0v) is 13.0. The molecule has 1 N–H and O–H groups in total. The predicted octanol–water partition coefficient (Wildman–Crippen LogP) is 3.49. The van der Waals surface area contributed by atoms with Crippen molar-refractivity contribution in [3.63, 3.8) is 0 Å². The summed E-state index contributed by atoms with van der Waals surface area (Å²) in [6.45, 7) is 5.06. The molecule has 3 aromatic rings. The molecule has 2 heterocycles. The van der Waals surface area contributed by atoms with Crippen LogP contribution in [0.15, 0.2) is 49.2 Å². The average Bonchev–Trinajstić information content (AvgIpc) is 3.16. The highest BCUT2D eigenvalue weighted by Crippen LogP contribution is 2.18. The Morgan fingerprint density at radius 3 is 3.00 bits per heavy atom. The molecule has 0 unspecified atom stereocenters. The van der Waals surface area contributed by atoms with E-state index in [1.807, 2.05) is 23.3 Å². The summed E-state index contributed by atoms with van der Waals surface area (Å²) in [5, 5.41) is 4.65. The molecular formula is C16H18N4S. The van der Waals surface area contributed by atoms with Crippen LogP contribution in [0.5, 0.6) is 0 Å². The second-order valence-corrected chi connectivity index (χ2v) is 6.35. The first-order valence-electron chi connectivity index (χ1n) is 6.95. The summed E-state index contributed by atoms with van der Waals surface area (Å²) in [5.41, 5.74) is 2.39. The highest BCUT2D eigenvalue weighted by molar-refractivity contribution is 7.11. The first-order chi connectivity index (χ1) is 10.2. The molecule has 1 atom stereocenters. The van der Waals surface area contributed by atoms with Gasteiger partial charge in [0.2, 0.25) is 0 Å². The Hall–Kier alpha value is -1.98. The fraction of sp³-hybridized carbons (Fsp3) is 0.250. The van der Waals surface area contributed by atoms with Crippen LogP contribution in [0, 0.1) is 6.92 Å². The van der Waals surface area contributed by atoms with Gasteiger partial charge in [-0.05, 0) is 31.5 Å². The van der Waals surface area contributed by atoms with E-state index in [1.165, 1.54) is 10.4 Å². The molecule has 5 heteroatoms. The molecule has 0 spiro atoms. The highest BCUT2D eigenvalue weighted by Gasteiger charge is 2.07. The molecule has 21 heavy (non-hydrogen) atoms. The molecular weight excluding hydrogens is 280 g/mol. The topological polar surface area (TPSA) is 42.7 Å². The third-order valence-corrected chi connectivity index (χ3v) is 4.31. The number of imidazole rings is 1. The molecule has 3 rings (SSSR count). The van der Waals surface area contributed by atoms with E-state index in [-0.39, 0.29) is 6.04 Å². The van der Waals surface area contributed by atoms with Crippen LogP contribution in [0.2, 0.25) is 0 Å². The number of benzene rings is 1. The quantitative estimate of drug-likeness (QED) is 0.784. The molecule has 0 amide bonds. The molecule has 4 nitrogen and oxygen atoms in total. The van der Waals surface area contributed by atoms with Crippen LogP contribution in [0.1, 0.15) is 28.4 Å². The second kappa shape index (κ2) is 6.20. The number of thiazole rings is 1. The zero-order chi connectivity index (χ0) is 14.7. The van der Waals surface area contributed by atoms with Crippen molar-refractivity contribution in [3.8, 4) is 5.69 Å². The van der Waals surface area contributed by atoms with Gasteiger partial charge in [-0.2, -0.15) is 0 Å². The largest absolute Gasteiger partial charge is 0.306 e. The van der Waals surface area contributed by atoms with Crippen molar-refractivity contribution in [1.29, 1.82) is 0 Å². The maximum absolute atomic E-state index is 4.38. The van der Waals surface area contributed by atoms with Crippen molar-refractivity contribution in [2.24, 2.45) is 0 Å². The van der Waals surface area contributed by atoms with Gasteiger partial charge in [-0.3, -0.25) is 0 Å². The molecule has 1 aromatic carbocycles.